The van der Waals surface area contributed by atoms with Gasteiger partial charge < -0.3 is 14.4 Å². The van der Waals surface area contributed by atoms with E-state index in [1.165, 1.54) is 0 Å². The molecule has 0 bridgehead atoms. The Morgan fingerprint density at radius 3 is 3.00 bits per heavy atom. The van der Waals surface area contributed by atoms with Crippen LogP contribution in [0.2, 0.25) is 0 Å². The molecule has 1 aromatic carbocycles. The first kappa shape index (κ1) is 16.2. The molecule has 1 atom stereocenters. The molecule has 1 saturated heterocycles. The number of rotatable bonds is 8. The third-order valence-corrected chi connectivity index (χ3v) is 4.64. The van der Waals surface area contributed by atoms with Gasteiger partial charge in [-0.25, -0.2) is 0 Å². The van der Waals surface area contributed by atoms with Crippen molar-refractivity contribution >= 4 is 17.7 Å². The molecule has 0 spiro atoms. The summed E-state index contributed by atoms with van der Waals surface area (Å²) in [5.74, 6) is 1.60. The molecule has 1 fully saturated rings. The van der Waals surface area contributed by atoms with E-state index in [9.17, 15) is 4.79 Å². The Balaban J connectivity index is 1.95. The van der Waals surface area contributed by atoms with Gasteiger partial charge in [0.2, 0.25) is 5.91 Å². The second-order valence-electron chi connectivity index (χ2n) is 4.99. The highest BCUT2D eigenvalue weighted by Gasteiger charge is 2.32. The standard InChI is InChI=1S/C16H23NO3S/c1-3-9-20-10-5-8-17-15(18)12-21-16(17)13-6-4-7-14(11-13)19-2/h4,6-7,11,16H,3,5,8-10,12H2,1-2H3. The molecular weight excluding hydrogens is 286 g/mol. The molecule has 0 saturated carbocycles. The van der Waals surface area contributed by atoms with Crippen LogP contribution >= 0.6 is 11.8 Å². The van der Waals surface area contributed by atoms with Gasteiger partial charge in [-0.15, -0.1) is 11.8 Å². The van der Waals surface area contributed by atoms with Gasteiger partial charge in [-0.1, -0.05) is 19.1 Å². The van der Waals surface area contributed by atoms with Crippen LogP contribution in [0.3, 0.4) is 0 Å². The van der Waals surface area contributed by atoms with Crippen molar-refractivity contribution in [3.63, 3.8) is 0 Å². The first-order valence-electron chi connectivity index (χ1n) is 7.39. The van der Waals surface area contributed by atoms with Crippen LogP contribution in [0, 0.1) is 0 Å². The minimum atomic E-state index is 0.0961. The summed E-state index contributed by atoms with van der Waals surface area (Å²) in [5, 5.41) is 0.0961. The van der Waals surface area contributed by atoms with Gasteiger partial charge in [0.25, 0.3) is 0 Å². The van der Waals surface area contributed by atoms with Crippen molar-refractivity contribution in [2.24, 2.45) is 0 Å². The number of hydrogen-bond donors (Lipinski definition) is 0. The largest absolute Gasteiger partial charge is 0.497 e. The Kier molecular flexibility index (Phi) is 6.39. The molecule has 1 aromatic rings. The summed E-state index contributed by atoms with van der Waals surface area (Å²) in [6, 6.07) is 7.96. The first-order valence-corrected chi connectivity index (χ1v) is 8.44. The lowest BCUT2D eigenvalue weighted by Crippen LogP contribution is -2.29. The van der Waals surface area contributed by atoms with E-state index in [4.69, 9.17) is 9.47 Å². The molecule has 2 rings (SSSR count). The molecule has 21 heavy (non-hydrogen) atoms. The quantitative estimate of drug-likeness (QED) is 0.692. The highest BCUT2D eigenvalue weighted by molar-refractivity contribution is 8.00. The van der Waals surface area contributed by atoms with E-state index < -0.39 is 0 Å². The number of methoxy groups -OCH3 is 1. The Bertz CT molecular complexity index is 467. The SMILES string of the molecule is CCCOCCCN1C(=O)CSC1c1cccc(OC)c1. The van der Waals surface area contributed by atoms with Crippen LogP contribution in [0.15, 0.2) is 24.3 Å². The van der Waals surface area contributed by atoms with E-state index in [2.05, 4.69) is 13.0 Å². The highest BCUT2D eigenvalue weighted by atomic mass is 32.2. The van der Waals surface area contributed by atoms with Gasteiger partial charge >= 0.3 is 0 Å². The van der Waals surface area contributed by atoms with Gasteiger partial charge in [-0.05, 0) is 30.5 Å². The fourth-order valence-corrected chi connectivity index (χ4v) is 3.56. The third-order valence-electron chi connectivity index (χ3n) is 3.38. The normalized spacial score (nSPS) is 18.3. The van der Waals surface area contributed by atoms with Crippen LogP contribution in [0.4, 0.5) is 0 Å². The molecule has 4 nitrogen and oxygen atoms in total. The Morgan fingerprint density at radius 1 is 1.38 bits per heavy atom. The zero-order valence-corrected chi connectivity index (χ0v) is 13.5. The molecular formula is C16H23NO3S. The van der Waals surface area contributed by atoms with Gasteiger partial charge in [0.1, 0.15) is 11.1 Å². The van der Waals surface area contributed by atoms with E-state index in [1.54, 1.807) is 18.9 Å². The van der Waals surface area contributed by atoms with E-state index >= 15 is 0 Å². The number of carbonyl (C=O) groups excluding carboxylic acids is 1. The van der Waals surface area contributed by atoms with Gasteiger partial charge in [-0.2, -0.15) is 0 Å². The summed E-state index contributed by atoms with van der Waals surface area (Å²) in [7, 11) is 1.66. The number of amides is 1. The topological polar surface area (TPSA) is 38.8 Å². The lowest BCUT2D eigenvalue weighted by Gasteiger charge is -2.24. The van der Waals surface area contributed by atoms with Crippen molar-refractivity contribution in [2.75, 3.05) is 32.6 Å². The van der Waals surface area contributed by atoms with E-state index in [-0.39, 0.29) is 11.3 Å². The number of thioether (sulfide) groups is 1. The van der Waals surface area contributed by atoms with Crippen molar-refractivity contribution in [2.45, 2.75) is 25.1 Å². The van der Waals surface area contributed by atoms with Crippen LogP contribution in [0.5, 0.6) is 5.75 Å². The lowest BCUT2D eigenvalue weighted by atomic mass is 10.2. The van der Waals surface area contributed by atoms with E-state index in [1.807, 2.05) is 23.1 Å². The fourth-order valence-electron chi connectivity index (χ4n) is 2.35. The molecule has 1 aliphatic heterocycles. The number of ether oxygens (including phenoxy) is 2. The summed E-state index contributed by atoms with van der Waals surface area (Å²) < 4.78 is 10.8. The second-order valence-corrected chi connectivity index (χ2v) is 6.06. The average Bonchev–Trinajstić information content (AvgIpc) is 2.88. The minimum absolute atomic E-state index is 0.0961. The lowest BCUT2D eigenvalue weighted by molar-refractivity contribution is -0.128. The zero-order valence-electron chi connectivity index (χ0n) is 12.7. The van der Waals surface area contributed by atoms with Crippen molar-refractivity contribution in [3.8, 4) is 5.75 Å². The summed E-state index contributed by atoms with van der Waals surface area (Å²) in [5.41, 5.74) is 1.12. The molecule has 0 N–H and O–H groups in total. The van der Waals surface area contributed by atoms with Crippen LogP contribution in [-0.2, 0) is 9.53 Å². The molecule has 0 aliphatic carbocycles. The van der Waals surface area contributed by atoms with Crippen LogP contribution in [0.1, 0.15) is 30.7 Å². The zero-order chi connectivity index (χ0) is 15.1. The van der Waals surface area contributed by atoms with Crippen molar-refractivity contribution in [1.29, 1.82) is 0 Å². The molecule has 1 amide bonds. The molecule has 1 unspecified atom stereocenters. The van der Waals surface area contributed by atoms with Crippen molar-refractivity contribution in [1.82, 2.24) is 4.90 Å². The van der Waals surface area contributed by atoms with Crippen LogP contribution in [0.25, 0.3) is 0 Å². The fraction of sp³-hybridized carbons (Fsp3) is 0.562. The van der Waals surface area contributed by atoms with Gasteiger partial charge in [0.05, 0.1) is 12.9 Å². The van der Waals surface area contributed by atoms with Crippen LogP contribution < -0.4 is 4.74 Å². The summed E-state index contributed by atoms with van der Waals surface area (Å²) in [6.45, 7) is 4.35. The first-order chi connectivity index (χ1) is 10.3. The Hall–Kier alpha value is -1.20. The monoisotopic (exact) mass is 309 g/mol. The smallest absolute Gasteiger partial charge is 0.233 e. The molecule has 1 heterocycles. The number of nitrogens with zero attached hydrogens (tertiary/aromatic N) is 1. The van der Waals surface area contributed by atoms with Crippen LogP contribution in [-0.4, -0.2) is 43.4 Å². The number of carbonyl (C=O) groups is 1. The predicted molar refractivity (Wildman–Crippen MR) is 85.6 cm³/mol. The van der Waals surface area contributed by atoms with Crippen molar-refractivity contribution in [3.05, 3.63) is 29.8 Å². The van der Waals surface area contributed by atoms with Gasteiger partial charge in [0.15, 0.2) is 0 Å². The predicted octanol–water partition coefficient (Wildman–Crippen LogP) is 3.09. The Labute approximate surface area is 130 Å². The Morgan fingerprint density at radius 2 is 2.24 bits per heavy atom. The maximum atomic E-state index is 12.1. The number of benzene rings is 1. The summed E-state index contributed by atoms with van der Waals surface area (Å²) >= 11 is 1.68. The molecule has 1 aliphatic rings. The van der Waals surface area contributed by atoms with Gasteiger partial charge in [0, 0.05) is 19.8 Å². The minimum Gasteiger partial charge on any atom is -0.497 e. The molecule has 0 radical (unpaired) electrons. The van der Waals surface area contributed by atoms with E-state index in [0.29, 0.717) is 12.4 Å². The highest BCUT2D eigenvalue weighted by Crippen LogP contribution is 2.39. The van der Waals surface area contributed by atoms with Crippen molar-refractivity contribution < 1.29 is 14.3 Å². The average molecular weight is 309 g/mol. The molecule has 0 aromatic heterocycles. The maximum Gasteiger partial charge on any atom is 0.233 e. The second kappa shape index (κ2) is 8.29. The summed E-state index contributed by atoms with van der Waals surface area (Å²) in [4.78, 5) is 14.0. The van der Waals surface area contributed by atoms with E-state index in [0.717, 1.165) is 37.3 Å². The summed E-state index contributed by atoms with van der Waals surface area (Å²) in [6.07, 6.45) is 1.91. The molecule has 116 valence electrons. The maximum absolute atomic E-state index is 12.1. The van der Waals surface area contributed by atoms with Gasteiger partial charge in [-0.3, -0.25) is 4.79 Å². The number of hydrogen-bond acceptors (Lipinski definition) is 4. The third kappa shape index (κ3) is 4.38. The molecule has 5 heteroatoms.